The van der Waals surface area contributed by atoms with Gasteiger partial charge < -0.3 is 0 Å². The highest BCUT2D eigenvalue weighted by Gasteiger charge is 2.40. The molecule has 1 aromatic carbocycles. The number of rotatable bonds is 7. The van der Waals surface area contributed by atoms with Crippen LogP contribution in [0.15, 0.2) is 54.0 Å². The maximum absolute atomic E-state index is 13.2. The van der Waals surface area contributed by atoms with Gasteiger partial charge in [0.2, 0.25) is 10.0 Å². The fourth-order valence-electron chi connectivity index (χ4n) is 2.96. The Kier molecular flexibility index (Phi) is 6.13. The van der Waals surface area contributed by atoms with Crippen LogP contribution in [-0.4, -0.2) is 30.6 Å². The van der Waals surface area contributed by atoms with Gasteiger partial charge >= 0.3 is 0 Å². The summed E-state index contributed by atoms with van der Waals surface area (Å²) in [6.07, 6.45) is 7.64. The van der Waals surface area contributed by atoms with Gasteiger partial charge in [0.1, 0.15) is 0 Å². The summed E-state index contributed by atoms with van der Waals surface area (Å²) in [5, 5.41) is 0. The normalized spacial score (nSPS) is 21.8. The standard InChI is InChI=1S/C19H25NO3S/c1-4-6-8-18-19(21)14-11-16(7-5-2)20(18)24(22,23)17-12-9-15(3)10-13-17/h5,9-14,16,18H,2,4,6-8H2,1,3H3/t16-,18+/m0/s1. The molecule has 0 saturated carbocycles. The topological polar surface area (TPSA) is 54.5 Å². The van der Waals surface area contributed by atoms with Crippen molar-refractivity contribution in [3.05, 3.63) is 54.6 Å². The molecular weight excluding hydrogens is 322 g/mol. The van der Waals surface area contributed by atoms with E-state index in [1.807, 2.05) is 13.8 Å². The van der Waals surface area contributed by atoms with Crippen LogP contribution in [0, 0.1) is 6.92 Å². The number of benzene rings is 1. The van der Waals surface area contributed by atoms with Gasteiger partial charge in [0, 0.05) is 6.04 Å². The van der Waals surface area contributed by atoms with Gasteiger partial charge in [0.25, 0.3) is 0 Å². The van der Waals surface area contributed by atoms with E-state index in [4.69, 9.17) is 0 Å². The molecule has 0 unspecified atom stereocenters. The van der Waals surface area contributed by atoms with Crippen molar-refractivity contribution in [1.29, 1.82) is 0 Å². The van der Waals surface area contributed by atoms with Crippen LogP contribution in [0.4, 0.5) is 0 Å². The maximum Gasteiger partial charge on any atom is 0.244 e. The average molecular weight is 347 g/mol. The molecule has 0 bridgehead atoms. The first-order valence-corrected chi connectivity index (χ1v) is 9.79. The van der Waals surface area contributed by atoms with Gasteiger partial charge in [-0.3, -0.25) is 4.79 Å². The summed E-state index contributed by atoms with van der Waals surface area (Å²) in [7, 11) is -3.75. The lowest BCUT2D eigenvalue weighted by atomic mass is 9.98. The van der Waals surface area contributed by atoms with E-state index in [1.165, 1.54) is 10.4 Å². The lowest BCUT2D eigenvalue weighted by Crippen LogP contribution is -2.51. The number of hydrogen-bond acceptors (Lipinski definition) is 3. The van der Waals surface area contributed by atoms with Crippen LogP contribution >= 0.6 is 0 Å². The van der Waals surface area contributed by atoms with Crippen LogP contribution < -0.4 is 0 Å². The first kappa shape index (κ1) is 18.6. The van der Waals surface area contributed by atoms with Crippen LogP contribution in [-0.2, 0) is 14.8 Å². The van der Waals surface area contributed by atoms with E-state index in [1.54, 1.807) is 36.4 Å². The molecule has 0 aromatic heterocycles. The van der Waals surface area contributed by atoms with Crippen LogP contribution in [0.1, 0.15) is 38.2 Å². The van der Waals surface area contributed by atoms with Crippen molar-refractivity contribution in [2.45, 2.75) is 56.5 Å². The van der Waals surface area contributed by atoms with Crippen molar-refractivity contribution in [3.63, 3.8) is 0 Å². The van der Waals surface area contributed by atoms with Crippen molar-refractivity contribution in [1.82, 2.24) is 4.31 Å². The lowest BCUT2D eigenvalue weighted by Gasteiger charge is -2.37. The highest BCUT2D eigenvalue weighted by molar-refractivity contribution is 7.89. The molecular formula is C19H25NO3S. The molecule has 0 amide bonds. The summed E-state index contributed by atoms with van der Waals surface area (Å²) < 4.78 is 27.8. The largest absolute Gasteiger partial charge is 0.293 e. The number of carbonyl (C=O) groups is 1. The minimum absolute atomic E-state index is 0.139. The molecule has 2 atom stereocenters. The highest BCUT2D eigenvalue weighted by Crippen LogP contribution is 2.29. The van der Waals surface area contributed by atoms with Crippen molar-refractivity contribution < 1.29 is 13.2 Å². The molecule has 0 saturated heterocycles. The predicted molar refractivity (Wildman–Crippen MR) is 96.3 cm³/mol. The Morgan fingerprint density at radius 3 is 2.50 bits per heavy atom. The molecule has 0 spiro atoms. The van der Waals surface area contributed by atoms with E-state index < -0.39 is 16.1 Å². The minimum atomic E-state index is -3.75. The fourth-order valence-corrected chi connectivity index (χ4v) is 4.74. The second-order valence-corrected chi connectivity index (χ2v) is 8.00. The molecule has 1 aromatic rings. The van der Waals surface area contributed by atoms with Gasteiger partial charge in [-0.1, -0.05) is 49.6 Å². The van der Waals surface area contributed by atoms with Crippen LogP contribution in [0.5, 0.6) is 0 Å². The van der Waals surface area contributed by atoms with E-state index in [-0.39, 0.29) is 16.7 Å². The number of hydrogen-bond donors (Lipinski definition) is 0. The van der Waals surface area contributed by atoms with Gasteiger partial charge in [-0.2, -0.15) is 4.31 Å². The summed E-state index contributed by atoms with van der Waals surface area (Å²) in [6, 6.07) is 5.76. The summed E-state index contributed by atoms with van der Waals surface area (Å²) in [5.41, 5.74) is 0.994. The summed E-state index contributed by atoms with van der Waals surface area (Å²) >= 11 is 0. The number of aryl methyl sites for hydroxylation is 1. The number of ketones is 1. The summed E-state index contributed by atoms with van der Waals surface area (Å²) in [4.78, 5) is 12.6. The molecule has 130 valence electrons. The zero-order chi connectivity index (χ0) is 17.7. The Hall–Kier alpha value is -1.72. The number of sulfonamides is 1. The third kappa shape index (κ3) is 3.84. The van der Waals surface area contributed by atoms with Crippen LogP contribution in [0.3, 0.4) is 0 Å². The predicted octanol–water partition coefficient (Wildman–Crippen LogP) is 3.63. The van der Waals surface area contributed by atoms with Gasteiger partial charge in [0.05, 0.1) is 10.9 Å². The van der Waals surface area contributed by atoms with E-state index >= 15 is 0 Å². The molecule has 4 nitrogen and oxygen atoms in total. The number of nitrogens with zero attached hydrogens (tertiary/aromatic N) is 1. The van der Waals surface area contributed by atoms with Crippen molar-refractivity contribution in [2.75, 3.05) is 0 Å². The minimum Gasteiger partial charge on any atom is -0.293 e. The van der Waals surface area contributed by atoms with Gasteiger partial charge in [-0.25, -0.2) is 8.42 Å². The molecule has 1 aliphatic rings. The smallest absolute Gasteiger partial charge is 0.244 e. The SMILES string of the molecule is C=CC[C@H]1C=CC(=O)[C@@H](CCCC)N1S(=O)(=O)c1ccc(C)cc1. The fraction of sp³-hybridized carbons (Fsp3) is 0.421. The van der Waals surface area contributed by atoms with E-state index in [2.05, 4.69) is 6.58 Å². The Morgan fingerprint density at radius 1 is 1.25 bits per heavy atom. The van der Waals surface area contributed by atoms with Gasteiger partial charge in [-0.05, 0) is 38.0 Å². The lowest BCUT2D eigenvalue weighted by molar-refractivity contribution is -0.119. The summed E-state index contributed by atoms with van der Waals surface area (Å²) in [5.74, 6) is -0.139. The molecule has 0 radical (unpaired) electrons. The van der Waals surface area contributed by atoms with E-state index in [0.717, 1.165) is 18.4 Å². The van der Waals surface area contributed by atoms with Crippen molar-refractivity contribution in [3.8, 4) is 0 Å². The van der Waals surface area contributed by atoms with Gasteiger partial charge in [-0.15, -0.1) is 6.58 Å². The molecule has 5 heteroatoms. The third-order valence-electron chi connectivity index (χ3n) is 4.28. The molecule has 0 fully saturated rings. The second-order valence-electron chi connectivity index (χ2n) is 6.16. The van der Waals surface area contributed by atoms with Crippen molar-refractivity contribution >= 4 is 15.8 Å². The van der Waals surface area contributed by atoms with Crippen molar-refractivity contribution in [2.24, 2.45) is 0 Å². The molecule has 0 N–H and O–H groups in total. The highest BCUT2D eigenvalue weighted by atomic mass is 32.2. The zero-order valence-corrected chi connectivity index (χ0v) is 15.1. The number of unbranched alkanes of at least 4 members (excludes halogenated alkanes) is 1. The average Bonchev–Trinajstić information content (AvgIpc) is 2.55. The quantitative estimate of drug-likeness (QED) is 0.708. The molecule has 1 aliphatic heterocycles. The first-order valence-electron chi connectivity index (χ1n) is 8.35. The monoisotopic (exact) mass is 347 g/mol. The first-order chi connectivity index (χ1) is 11.4. The Bertz CT molecular complexity index is 719. The maximum atomic E-state index is 13.2. The molecule has 24 heavy (non-hydrogen) atoms. The second kappa shape index (κ2) is 7.90. The number of carbonyl (C=O) groups excluding carboxylic acids is 1. The Labute approximate surface area is 144 Å². The van der Waals surface area contributed by atoms with Crippen LogP contribution in [0.2, 0.25) is 0 Å². The van der Waals surface area contributed by atoms with E-state index in [0.29, 0.717) is 12.8 Å². The Balaban J connectivity index is 2.48. The third-order valence-corrected chi connectivity index (χ3v) is 6.23. The molecule has 1 heterocycles. The Morgan fingerprint density at radius 2 is 1.92 bits per heavy atom. The molecule has 0 aliphatic carbocycles. The zero-order valence-electron chi connectivity index (χ0n) is 14.3. The molecule has 2 rings (SSSR count). The van der Waals surface area contributed by atoms with E-state index in [9.17, 15) is 13.2 Å². The summed E-state index contributed by atoms with van der Waals surface area (Å²) in [6.45, 7) is 7.66. The van der Waals surface area contributed by atoms with Crippen LogP contribution in [0.25, 0.3) is 0 Å². The van der Waals surface area contributed by atoms with Gasteiger partial charge in [0.15, 0.2) is 5.78 Å².